The summed E-state index contributed by atoms with van der Waals surface area (Å²) in [5, 5.41) is 21.7. The molecule has 130 valence electrons. The number of fused-ring (bicyclic) bond motifs is 5. The van der Waals surface area contributed by atoms with E-state index in [1.54, 1.807) is 0 Å². The molecule has 0 aromatic carbocycles. The Morgan fingerprint density at radius 3 is 2.39 bits per heavy atom. The van der Waals surface area contributed by atoms with Crippen LogP contribution in [0.2, 0.25) is 0 Å². The minimum absolute atomic E-state index is 0.0304. The maximum absolute atomic E-state index is 11.6. The predicted molar refractivity (Wildman–Crippen MR) is 86.2 cm³/mol. The van der Waals surface area contributed by atoms with Gasteiger partial charge in [-0.25, -0.2) is 0 Å². The zero-order valence-electron chi connectivity index (χ0n) is 14.6. The van der Waals surface area contributed by atoms with E-state index in [-0.39, 0.29) is 17.4 Å². The lowest BCUT2D eigenvalue weighted by Crippen LogP contribution is -2.55. The smallest absolute Gasteiger partial charge is 0.0543 e. The summed E-state index contributed by atoms with van der Waals surface area (Å²) in [5.41, 5.74) is 0.348. The molecule has 1 N–H and O–H groups in total. The van der Waals surface area contributed by atoms with E-state index < -0.39 is 5.97 Å². The first-order valence-electron chi connectivity index (χ1n) is 9.75. The first-order valence-corrected chi connectivity index (χ1v) is 9.75. The largest absolute Gasteiger partial charge is 0.550 e. The maximum atomic E-state index is 11.6. The highest BCUT2D eigenvalue weighted by Gasteiger charge is 2.60. The molecule has 0 aromatic heterocycles. The molecule has 4 saturated carbocycles. The van der Waals surface area contributed by atoms with E-state index in [0.29, 0.717) is 23.2 Å². The molecule has 0 saturated heterocycles. The summed E-state index contributed by atoms with van der Waals surface area (Å²) in [7, 11) is 0. The van der Waals surface area contributed by atoms with Gasteiger partial charge in [-0.05, 0) is 92.3 Å². The number of rotatable bonds is 1. The number of carboxylic acid groups (broad SMARTS) is 1. The third-order valence-electron chi connectivity index (χ3n) is 8.92. The van der Waals surface area contributed by atoms with E-state index >= 15 is 0 Å². The lowest BCUT2D eigenvalue weighted by molar-refractivity contribution is -0.315. The van der Waals surface area contributed by atoms with Gasteiger partial charge in [-0.3, -0.25) is 0 Å². The van der Waals surface area contributed by atoms with Gasteiger partial charge >= 0.3 is 0 Å². The van der Waals surface area contributed by atoms with Crippen LogP contribution in [-0.4, -0.2) is 17.2 Å². The quantitative estimate of drug-likeness (QED) is 0.808. The lowest BCUT2D eigenvalue weighted by atomic mass is 9.44. The van der Waals surface area contributed by atoms with Crippen LogP contribution in [0, 0.1) is 40.4 Å². The molecule has 0 unspecified atom stereocenters. The fourth-order valence-electron chi connectivity index (χ4n) is 7.62. The molecule has 4 aliphatic rings. The van der Waals surface area contributed by atoms with Gasteiger partial charge in [-0.2, -0.15) is 0 Å². The van der Waals surface area contributed by atoms with Crippen molar-refractivity contribution in [1.29, 1.82) is 0 Å². The van der Waals surface area contributed by atoms with Crippen molar-refractivity contribution in [3.05, 3.63) is 0 Å². The molecule has 0 aromatic rings. The maximum Gasteiger partial charge on any atom is 0.0543 e. The van der Waals surface area contributed by atoms with E-state index in [2.05, 4.69) is 13.8 Å². The normalized spacial score (nSPS) is 55.6. The van der Waals surface area contributed by atoms with Crippen molar-refractivity contribution in [2.45, 2.75) is 77.7 Å². The molecule has 0 aliphatic heterocycles. The van der Waals surface area contributed by atoms with Crippen molar-refractivity contribution in [2.75, 3.05) is 0 Å². The fourth-order valence-corrected chi connectivity index (χ4v) is 7.62. The van der Waals surface area contributed by atoms with Crippen LogP contribution in [0.5, 0.6) is 0 Å². The van der Waals surface area contributed by atoms with Crippen molar-refractivity contribution in [2.24, 2.45) is 40.4 Å². The predicted octanol–water partition coefficient (Wildman–Crippen LogP) is 2.76. The number of carbonyl (C=O) groups is 1. The highest BCUT2D eigenvalue weighted by molar-refractivity contribution is 5.69. The molecular formula is C20H31O3-. The first kappa shape index (κ1) is 15.9. The van der Waals surface area contributed by atoms with Crippen LogP contribution in [-0.2, 0) is 4.79 Å². The molecule has 23 heavy (non-hydrogen) atoms. The number of aliphatic carboxylic acids is 1. The van der Waals surface area contributed by atoms with Crippen LogP contribution in [0.4, 0.5) is 0 Å². The second-order valence-corrected chi connectivity index (χ2v) is 9.58. The minimum atomic E-state index is -0.811. The fraction of sp³-hybridized carbons (Fsp3) is 0.950. The van der Waals surface area contributed by atoms with Crippen LogP contribution < -0.4 is 5.11 Å². The number of carbonyl (C=O) groups excluding carboxylic acids is 1. The zero-order chi connectivity index (χ0) is 16.4. The highest BCUT2D eigenvalue weighted by atomic mass is 16.4. The number of hydrogen-bond donors (Lipinski definition) is 1. The van der Waals surface area contributed by atoms with Crippen LogP contribution in [0.25, 0.3) is 0 Å². The van der Waals surface area contributed by atoms with Crippen LogP contribution in [0.3, 0.4) is 0 Å². The molecule has 4 aliphatic carbocycles. The molecule has 0 amide bonds. The number of hydrogen-bond acceptors (Lipinski definition) is 3. The van der Waals surface area contributed by atoms with Crippen LogP contribution in [0.15, 0.2) is 0 Å². The van der Waals surface area contributed by atoms with Gasteiger partial charge in [0.2, 0.25) is 0 Å². The van der Waals surface area contributed by atoms with Crippen molar-refractivity contribution in [3.63, 3.8) is 0 Å². The molecule has 4 fully saturated rings. The molecule has 0 bridgehead atoms. The van der Waals surface area contributed by atoms with Crippen molar-refractivity contribution >= 4 is 5.97 Å². The summed E-state index contributed by atoms with van der Waals surface area (Å²) in [6, 6.07) is 0. The van der Waals surface area contributed by atoms with Crippen LogP contribution >= 0.6 is 0 Å². The average molecular weight is 319 g/mol. The van der Waals surface area contributed by atoms with Gasteiger partial charge in [0, 0.05) is 11.9 Å². The monoisotopic (exact) mass is 319 g/mol. The van der Waals surface area contributed by atoms with Crippen molar-refractivity contribution in [1.82, 2.24) is 0 Å². The molecule has 0 spiro atoms. The SMILES string of the molecule is C[C@@]12CC[C@H]3[C@@H](CC[C@H]4C[C@H](O)CC[C@@]43C)[C@H]1CC[C@@H]2C(=O)[O-]. The Hall–Kier alpha value is -0.570. The van der Waals surface area contributed by atoms with Crippen molar-refractivity contribution < 1.29 is 15.0 Å². The van der Waals surface area contributed by atoms with E-state index in [1.807, 2.05) is 0 Å². The third-order valence-corrected chi connectivity index (χ3v) is 8.92. The summed E-state index contributed by atoms with van der Waals surface area (Å²) >= 11 is 0. The Kier molecular flexibility index (Phi) is 3.61. The van der Waals surface area contributed by atoms with E-state index in [0.717, 1.165) is 44.4 Å². The molecule has 3 heteroatoms. The molecule has 0 radical (unpaired) electrons. The van der Waals surface area contributed by atoms with Gasteiger partial charge in [-0.1, -0.05) is 13.8 Å². The first-order chi connectivity index (χ1) is 10.9. The Bertz CT molecular complexity index is 503. The summed E-state index contributed by atoms with van der Waals surface area (Å²) in [6.07, 6.45) is 9.65. The highest BCUT2D eigenvalue weighted by Crippen LogP contribution is 2.67. The van der Waals surface area contributed by atoms with Gasteiger partial charge < -0.3 is 15.0 Å². The Morgan fingerprint density at radius 2 is 1.65 bits per heavy atom. The van der Waals surface area contributed by atoms with Gasteiger partial charge in [0.25, 0.3) is 0 Å². The Morgan fingerprint density at radius 1 is 0.957 bits per heavy atom. The van der Waals surface area contributed by atoms with Gasteiger partial charge in [0.15, 0.2) is 0 Å². The summed E-state index contributed by atoms with van der Waals surface area (Å²) in [5.74, 6) is 1.66. The Balaban J connectivity index is 1.61. The van der Waals surface area contributed by atoms with Gasteiger partial charge in [0.1, 0.15) is 0 Å². The topological polar surface area (TPSA) is 60.4 Å². The van der Waals surface area contributed by atoms with Crippen molar-refractivity contribution in [3.8, 4) is 0 Å². The van der Waals surface area contributed by atoms with Gasteiger partial charge in [-0.15, -0.1) is 0 Å². The summed E-state index contributed by atoms with van der Waals surface area (Å²) in [4.78, 5) is 11.6. The van der Waals surface area contributed by atoms with Gasteiger partial charge in [0.05, 0.1) is 6.10 Å². The number of carboxylic acids is 1. The zero-order valence-corrected chi connectivity index (χ0v) is 14.6. The van der Waals surface area contributed by atoms with E-state index in [1.165, 1.54) is 19.3 Å². The average Bonchev–Trinajstić information content (AvgIpc) is 2.85. The number of aliphatic hydroxyl groups is 1. The Labute approximate surface area is 139 Å². The molecule has 8 atom stereocenters. The molecule has 0 heterocycles. The second-order valence-electron chi connectivity index (χ2n) is 9.58. The molecule has 3 nitrogen and oxygen atoms in total. The minimum Gasteiger partial charge on any atom is -0.550 e. The molecular weight excluding hydrogens is 288 g/mol. The second kappa shape index (κ2) is 5.21. The van der Waals surface area contributed by atoms with E-state index in [4.69, 9.17) is 0 Å². The molecule has 4 rings (SSSR count). The summed E-state index contributed by atoms with van der Waals surface area (Å²) in [6.45, 7) is 4.72. The number of aliphatic hydroxyl groups excluding tert-OH is 1. The summed E-state index contributed by atoms with van der Waals surface area (Å²) < 4.78 is 0. The third kappa shape index (κ3) is 2.14. The van der Waals surface area contributed by atoms with Crippen LogP contribution in [0.1, 0.15) is 71.6 Å². The standard InChI is InChI=1S/C20H32O3/c1-19-9-7-13(21)11-12(19)3-4-14-15-5-6-17(18(22)23)20(15,2)10-8-16(14)19/h12-17,21H,3-11H2,1-2H3,(H,22,23)/p-1/t12-,13+,14-,15+,16-,17+,19-,20+/m0/s1. The van der Waals surface area contributed by atoms with E-state index in [9.17, 15) is 15.0 Å². The lowest BCUT2D eigenvalue weighted by Gasteiger charge is -2.61.